The van der Waals surface area contributed by atoms with Gasteiger partial charge < -0.3 is 9.64 Å². The van der Waals surface area contributed by atoms with Gasteiger partial charge in [0.1, 0.15) is 5.78 Å². The van der Waals surface area contributed by atoms with Crippen LogP contribution in [0, 0.1) is 11.8 Å². The van der Waals surface area contributed by atoms with Crippen LogP contribution in [0.5, 0.6) is 0 Å². The summed E-state index contributed by atoms with van der Waals surface area (Å²) >= 11 is 0. The Balaban J connectivity index is 1.86. The van der Waals surface area contributed by atoms with Crippen molar-refractivity contribution in [3.8, 4) is 0 Å². The van der Waals surface area contributed by atoms with E-state index in [4.69, 9.17) is 4.74 Å². The van der Waals surface area contributed by atoms with Crippen LogP contribution >= 0.6 is 0 Å². The summed E-state index contributed by atoms with van der Waals surface area (Å²) in [6, 6.07) is 0. The highest BCUT2D eigenvalue weighted by Crippen LogP contribution is 2.24. The number of rotatable bonds is 3. The van der Waals surface area contributed by atoms with Gasteiger partial charge in [-0.15, -0.1) is 0 Å². The van der Waals surface area contributed by atoms with Crippen molar-refractivity contribution in [1.29, 1.82) is 0 Å². The van der Waals surface area contributed by atoms with E-state index < -0.39 is 0 Å². The van der Waals surface area contributed by atoms with Crippen LogP contribution in [0.3, 0.4) is 0 Å². The van der Waals surface area contributed by atoms with Crippen molar-refractivity contribution in [2.75, 3.05) is 26.7 Å². The van der Waals surface area contributed by atoms with Crippen LogP contribution in [0.15, 0.2) is 0 Å². The van der Waals surface area contributed by atoms with Crippen molar-refractivity contribution in [3.63, 3.8) is 0 Å². The summed E-state index contributed by atoms with van der Waals surface area (Å²) in [4.78, 5) is 14.5. The minimum atomic E-state index is 0.290. The summed E-state index contributed by atoms with van der Waals surface area (Å²) in [6.07, 6.45) is 7.02. The quantitative estimate of drug-likeness (QED) is 0.724. The van der Waals surface area contributed by atoms with Gasteiger partial charge in [0.25, 0.3) is 0 Å². The minimum absolute atomic E-state index is 0.290. The van der Waals surface area contributed by atoms with E-state index in [-0.39, 0.29) is 0 Å². The fourth-order valence-electron chi connectivity index (χ4n) is 3.31. The maximum atomic E-state index is 12.0. The molecule has 0 radical (unpaired) electrons. The second-order valence-electron chi connectivity index (χ2n) is 6.06. The van der Waals surface area contributed by atoms with Gasteiger partial charge in [-0.05, 0) is 31.7 Å². The van der Waals surface area contributed by atoms with Crippen LogP contribution in [0.1, 0.15) is 45.4 Å². The van der Waals surface area contributed by atoms with Gasteiger partial charge >= 0.3 is 0 Å². The predicted molar refractivity (Wildman–Crippen MR) is 72.6 cm³/mol. The van der Waals surface area contributed by atoms with E-state index in [9.17, 15) is 4.79 Å². The lowest BCUT2D eigenvalue weighted by atomic mass is 9.93. The predicted octanol–water partition coefficient (Wildman–Crippen LogP) is 2.49. The Bertz CT molecular complexity index is 280. The number of carbonyl (C=O) groups excluding carboxylic acids is 1. The second kappa shape index (κ2) is 6.67. The molecule has 0 bridgehead atoms. The molecule has 1 heterocycles. The molecule has 1 saturated heterocycles. The molecular formula is C15H27NO2. The van der Waals surface area contributed by atoms with E-state index in [0.29, 0.717) is 23.7 Å². The normalized spacial score (nSPS) is 35.4. The summed E-state index contributed by atoms with van der Waals surface area (Å²) < 4.78 is 5.55. The molecule has 18 heavy (non-hydrogen) atoms. The standard InChI is InChI=1S/C15H27NO2/c1-12-8-9-16(11-15(12)18-2)10-13-6-4-3-5-7-14(13)17/h12-13,15H,3-11H2,1-2H3. The summed E-state index contributed by atoms with van der Waals surface area (Å²) in [6.45, 7) is 5.36. The monoisotopic (exact) mass is 253 g/mol. The molecule has 1 aliphatic carbocycles. The van der Waals surface area contributed by atoms with Gasteiger partial charge in [-0.25, -0.2) is 0 Å². The molecule has 1 saturated carbocycles. The molecule has 2 aliphatic rings. The fourth-order valence-corrected chi connectivity index (χ4v) is 3.31. The minimum Gasteiger partial charge on any atom is -0.380 e. The molecule has 2 fully saturated rings. The molecule has 0 N–H and O–H groups in total. The summed E-state index contributed by atoms with van der Waals surface area (Å²) in [5, 5.41) is 0. The second-order valence-corrected chi connectivity index (χ2v) is 6.06. The lowest BCUT2D eigenvalue weighted by Crippen LogP contribution is -2.46. The maximum absolute atomic E-state index is 12.0. The third-order valence-electron chi connectivity index (χ3n) is 4.69. The topological polar surface area (TPSA) is 29.5 Å². The van der Waals surface area contributed by atoms with Gasteiger partial charge in [-0.3, -0.25) is 4.79 Å². The molecule has 3 unspecified atom stereocenters. The number of likely N-dealkylation sites (tertiary alicyclic amines) is 1. The molecule has 0 aromatic carbocycles. The molecule has 0 aromatic heterocycles. The Morgan fingerprint density at radius 2 is 2.11 bits per heavy atom. The SMILES string of the molecule is COC1CN(CC2CCCCCC2=O)CCC1C. The molecule has 1 aliphatic heterocycles. The van der Waals surface area contributed by atoms with Crippen molar-refractivity contribution in [2.45, 2.75) is 51.6 Å². The molecule has 0 spiro atoms. The first-order valence-electron chi connectivity index (χ1n) is 7.48. The molecule has 2 rings (SSSR count). The number of ketones is 1. The molecule has 0 aromatic rings. The summed E-state index contributed by atoms with van der Waals surface area (Å²) in [7, 11) is 1.81. The van der Waals surface area contributed by atoms with E-state index in [1.807, 2.05) is 7.11 Å². The summed E-state index contributed by atoms with van der Waals surface area (Å²) in [5.41, 5.74) is 0. The van der Waals surface area contributed by atoms with Crippen LogP contribution in [-0.2, 0) is 9.53 Å². The van der Waals surface area contributed by atoms with Gasteiger partial charge in [0.2, 0.25) is 0 Å². The van der Waals surface area contributed by atoms with Gasteiger partial charge in [-0.1, -0.05) is 19.8 Å². The zero-order chi connectivity index (χ0) is 13.0. The van der Waals surface area contributed by atoms with Gasteiger partial charge in [0.05, 0.1) is 6.10 Å². The van der Waals surface area contributed by atoms with Crippen molar-refractivity contribution >= 4 is 5.78 Å². The van der Waals surface area contributed by atoms with E-state index in [1.54, 1.807) is 0 Å². The van der Waals surface area contributed by atoms with Gasteiger partial charge in [0, 0.05) is 32.5 Å². The van der Waals surface area contributed by atoms with Crippen LogP contribution in [-0.4, -0.2) is 43.5 Å². The average Bonchev–Trinajstić information content (AvgIpc) is 2.57. The number of ether oxygens (including phenoxy) is 1. The van der Waals surface area contributed by atoms with Crippen molar-refractivity contribution in [2.24, 2.45) is 11.8 Å². The highest BCUT2D eigenvalue weighted by atomic mass is 16.5. The van der Waals surface area contributed by atoms with Crippen LogP contribution < -0.4 is 0 Å². The average molecular weight is 253 g/mol. The number of hydrogen-bond donors (Lipinski definition) is 0. The van der Waals surface area contributed by atoms with Crippen LogP contribution in [0.2, 0.25) is 0 Å². The molecule has 3 heteroatoms. The maximum Gasteiger partial charge on any atom is 0.137 e. The van der Waals surface area contributed by atoms with Crippen LogP contribution in [0.25, 0.3) is 0 Å². The van der Waals surface area contributed by atoms with E-state index >= 15 is 0 Å². The zero-order valence-corrected chi connectivity index (χ0v) is 11.9. The van der Waals surface area contributed by atoms with Crippen molar-refractivity contribution < 1.29 is 9.53 Å². The number of Topliss-reactive ketones (excluding diaryl/α,β-unsaturated/α-hetero) is 1. The number of hydrogen-bond acceptors (Lipinski definition) is 3. The number of piperidine rings is 1. The zero-order valence-electron chi connectivity index (χ0n) is 11.9. The molecule has 104 valence electrons. The smallest absolute Gasteiger partial charge is 0.137 e. The number of carbonyl (C=O) groups is 1. The highest BCUT2D eigenvalue weighted by Gasteiger charge is 2.29. The first-order chi connectivity index (χ1) is 8.70. The first-order valence-corrected chi connectivity index (χ1v) is 7.48. The van der Waals surface area contributed by atoms with E-state index in [1.165, 1.54) is 19.3 Å². The number of nitrogens with zero attached hydrogens (tertiary/aromatic N) is 1. The lowest BCUT2D eigenvalue weighted by Gasteiger charge is -2.37. The molecular weight excluding hydrogens is 226 g/mol. The Morgan fingerprint density at radius 3 is 2.89 bits per heavy atom. The molecule has 0 amide bonds. The summed E-state index contributed by atoms with van der Waals surface area (Å²) in [5.74, 6) is 1.44. The molecule has 3 atom stereocenters. The largest absolute Gasteiger partial charge is 0.380 e. The van der Waals surface area contributed by atoms with Crippen molar-refractivity contribution in [1.82, 2.24) is 4.90 Å². The van der Waals surface area contributed by atoms with Crippen molar-refractivity contribution in [3.05, 3.63) is 0 Å². The van der Waals surface area contributed by atoms with Crippen LogP contribution in [0.4, 0.5) is 0 Å². The Kier molecular flexibility index (Phi) is 5.19. The Labute approximate surface area is 111 Å². The highest BCUT2D eigenvalue weighted by molar-refractivity contribution is 5.81. The van der Waals surface area contributed by atoms with Gasteiger partial charge in [0.15, 0.2) is 0 Å². The van der Waals surface area contributed by atoms with E-state index in [0.717, 1.165) is 38.9 Å². The molecule has 3 nitrogen and oxygen atoms in total. The van der Waals surface area contributed by atoms with E-state index in [2.05, 4.69) is 11.8 Å². The third kappa shape index (κ3) is 3.55. The Morgan fingerprint density at radius 1 is 1.28 bits per heavy atom. The Hall–Kier alpha value is -0.410. The fraction of sp³-hybridized carbons (Fsp3) is 0.933. The van der Waals surface area contributed by atoms with Gasteiger partial charge in [-0.2, -0.15) is 0 Å². The lowest BCUT2D eigenvalue weighted by molar-refractivity contribution is -0.123. The first kappa shape index (κ1) is 14.0. The third-order valence-corrected chi connectivity index (χ3v) is 4.69. The number of methoxy groups -OCH3 is 1.